The van der Waals surface area contributed by atoms with Crippen LogP contribution in [0.2, 0.25) is 10.0 Å². The first-order valence-corrected chi connectivity index (χ1v) is 14.5. The van der Waals surface area contributed by atoms with Gasteiger partial charge in [0.05, 0.1) is 52.0 Å². The smallest absolute Gasteiger partial charge is 0.433 e. The average Bonchev–Trinajstić information content (AvgIpc) is 3.33. The maximum atomic E-state index is 14.5. The van der Waals surface area contributed by atoms with Gasteiger partial charge < -0.3 is 9.64 Å². The molecule has 7 nitrogen and oxygen atoms in total. The highest BCUT2D eigenvalue weighted by atomic mass is 35.5. The molecular formula is C29H34Cl2F3N3O4. The number of aromatic nitrogens is 2. The molecule has 1 amide bonds. The van der Waals surface area contributed by atoms with E-state index in [0.717, 1.165) is 35.0 Å². The zero-order valence-electron chi connectivity index (χ0n) is 23.3. The molecule has 0 unspecified atom stereocenters. The van der Waals surface area contributed by atoms with Gasteiger partial charge in [-0.2, -0.15) is 18.3 Å². The van der Waals surface area contributed by atoms with E-state index in [1.807, 2.05) is 6.92 Å². The van der Waals surface area contributed by atoms with Crippen molar-refractivity contribution < 1.29 is 32.3 Å². The average molecular weight is 617 g/mol. The molecule has 1 heterocycles. The summed E-state index contributed by atoms with van der Waals surface area (Å²) >= 11 is 12.4. The number of nitrogens with zero attached hydrogens (tertiary/aromatic N) is 3. The number of benzene rings is 1. The van der Waals surface area contributed by atoms with E-state index in [-0.39, 0.29) is 53.0 Å². The van der Waals surface area contributed by atoms with Crippen LogP contribution in [0.3, 0.4) is 0 Å². The van der Waals surface area contributed by atoms with Gasteiger partial charge in [-0.1, -0.05) is 42.6 Å². The van der Waals surface area contributed by atoms with Crippen molar-refractivity contribution in [2.75, 3.05) is 19.7 Å². The van der Waals surface area contributed by atoms with Gasteiger partial charge in [-0.3, -0.25) is 19.1 Å². The lowest BCUT2D eigenvalue weighted by atomic mass is 9.70. The number of amides is 1. The van der Waals surface area contributed by atoms with Gasteiger partial charge in [0.2, 0.25) is 0 Å². The molecule has 2 aliphatic carbocycles. The third-order valence-corrected chi connectivity index (χ3v) is 9.09. The van der Waals surface area contributed by atoms with E-state index in [2.05, 4.69) is 5.10 Å². The molecule has 1 aromatic carbocycles. The van der Waals surface area contributed by atoms with Gasteiger partial charge >= 0.3 is 12.1 Å². The number of rotatable bonds is 9. The molecule has 12 heteroatoms. The number of hydrogen-bond acceptors (Lipinski definition) is 5. The lowest BCUT2D eigenvalue weighted by molar-refractivity contribution is -0.157. The minimum Gasteiger partial charge on any atom is -0.466 e. The fourth-order valence-electron chi connectivity index (χ4n) is 5.86. The number of halogens is 5. The van der Waals surface area contributed by atoms with Crippen LogP contribution < -0.4 is 0 Å². The highest BCUT2D eigenvalue weighted by Crippen LogP contribution is 2.45. The van der Waals surface area contributed by atoms with Gasteiger partial charge in [0.1, 0.15) is 0 Å². The SMILES string of the molecule is CCOC(=O)[C@]1(C)CC[C@@H](n2ncc(C(=O)N(CC(=O)c3c(Cl)cccc3Cl)CC3(C)CCC3)c2C(F)(F)F)CC1. The third kappa shape index (κ3) is 6.58. The largest absolute Gasteiger partial charge is 0.466 e. The fraction of sp³-hybridized carbons (Fsp3) is 0.586. The van der Waals surface area contributed by atoms with Gasteiger partial charge in [0.25, 0.3) is 5.91 Å². The molecule has 224 valence electrons. The summed E-state index contributed by atoms with van der Waals surface area (Å²) in [6, 6.07) is 3.90. The van der Waals surface area contributed by atoms with Gasteiger partial charge in [-0.05, 0) is 69.9 Å². The number of Topliss-reactive ketones (excluding diaryl/α,β-unsaturated/α-hetero) is 1. The predicted molar refractivity (Wildman–Crippen MR) is 148 cm³/mol. The number of hydrogen-bond donors (Lipinski definition) is 0. The Morgan fingerprint density at radius 2 is 1.71 bits per heavy atom. The minimum atomic E-state index is -4.88. The molecule has 0 atom stereocenters. The van der Waals surface area contributed by atoms with Crippen molar-refractivity contribution in [2.24, 2.45) is 10.8 Å². The monoisotopic (exact) mass is 615 g/mol. The molecule has 2 saturated carbocycles. The van der Waals surface area contributed by atoms with Gasteiger partial charge in [-0.15, -0.1) is 0 Å². The summed E-state index contributed by atoms with van der Waals surface area (Å²) in [7, 11) is 0. The van der Waals surface area contributed by atoms with E-state index in [4.69, 9.17) is 27.9 Å². The summed E-state index contributed by atoms with van der Waals surface area (Å²) in [5.41, 5.74) is -2.86. The summed E-state index contributed by atoms with van der Waals surface area (Å²) in [6.45, 7) is 5.24. The van der Waals surface area contributed by atoms with Gasteiger partial charge in [0.15, 0.2) is 11.5 Å². The van der Waals surface area contributed by atoms with Crippen LogP contribution in [0.25, 0.3) is 0 Å². The number of carbonyl (C=O) groups excluding carboxylic acids is 3. The fourth-order valence-corrected chi connectivity index (χ4v) is 6.47. The second-order valence-electron chi connectivity index (χ2n) is 11.7. The standard InChI is InChI=1S/C29H34Cl2F3N3O4/c1-4-41-26(40)28(3)13-9-18(10-14-28)37-24(29(32,33)34)19(15-35-37)25(39)36(17-27(2)11-6-12-27)16-22(38)23-20(30)7-5-8-21(23)31/h5,7-8,15,18H,4,6,9-14,16-17H2,1-3H3/t18-,28-. The topological polar surface area (TPSA) is 81.5 Å². The first-order chi connectivity index (χ1) is 19.2. The van der Waals surface area contributed by atoms with E-state index < -0.39 is 47.1 Å². The number of alkyl halides is 3. The van der Waals surface area contributed by atoms with E-state index in [1.54, 1.807) is 19.9 Å². The van der Waals surface area contributed by atoms with Crippen LogP contribution >= 0.6 is 23.2 Å². The predicted octanol–water partition coefficient (Wildman–Crippen LogP) is 7.41. The second-order valence-corrected chi connectivity index (χ2v) is 12.5. The van der Waals surface area contributed by atoms with Crippen molar-refractivity contribution in [1.82, 2.24) is 14.7 Å². The Kier molecular flexibility index (Phi) is 9.14. The van der Waals surface area contributed by atoms with Gasteiger partial charge in [-0.25, -0.2) is 0 Å². The number of ether oxygens (including phenoxy) is 1. The molecule has 2 fully saturated rings. The molecule has 2 aromatic rings. The Bertz CT molecular complexity index is 1290. The zero-order chi connectivity index (χ0) is 30.2. The molecule has 41 heavy (non-hydrogen) atoms. The lowest BCUT2D eigenvalue weighted by Gasteiger charge is -2.42. The minimum absolute atomic E-state index is 0.0194. The van der Waals surface area contributed by atoms with Crippen molar-refractivity contribution in [1.29, 1.82) is 0 Å². The van der Waals surface area contributed by atoms with E-state index in [1.165, 1.54) is 12.1 Å². The van der Waals surface area contributed by atoms with Crippen LogP contribution in [0.5, 0.6) is 0 Å². The summed E-state index contributed by atoms with van der Waals surface area (Å²) < 4.78 is 49.7. The Morgan fingerprint density at radius 3 is 2.22 bits per heavy atom. The Hall–Kier alpha value is -2.59. The Labute approximate surface area is 247 Å². The lowest BCUT2D eigenvalue weighted by Crippen LogP contribution is -2.46. The molecule has 4 rings (SSSR count). The quantitative estimate of drug-likeness (QED) is 0.217. The van der Waals surface area contributed by atoms with Crippen LogP contribution in [-0.2, 0) is 15.7 Å². The molecule has 1 aromatic heterocycles. The third-order valence-electron chi connectivity index (χ3n) is 8.46. The van der Waals surface area contributed by atoms with Crippen molar-refractivity contribution in [3.8, 4) is 0 Å². The summed E-state index contributed by atoms with van der Waals surface area (Å²) in [5, 5.41) is 4.24. The van der Waals surface area contributed by atoms with Crippen LogP contribution in [0.4, 0.5) is 13.2 Å². The molecular weight excluding hydrogens is 582 g/mol. The Morgan fingerprint density at radius 1 is 1.10 bits per heavy atom. The highest BCUT2D eigenvalue weighted by molar-refractivity contribution is 6.40. The summed E-state index contributed by atoms with van der Waals surface area (Å²) in [6.07, 6.45) is -0.268. The van der Waals surface area contributed by atoms with Crippen LogP contribution in [0.15, 0.2) is 24.4 Å². The number of esters is 1. The van der Waals surface area contributed by atoms with Crippen LogP contribution in [-0.4, -0.2) is 52.0 Å². The number of ketones is 1. The van der Waals surface area contributed by atoms with Crippen LogP contribution in [0.1, 0.15) is 98.2 Å². The molecule has 0 aliphatic heterocycles. The highest BCUT2D eigenvalue weighted by Gasteiger charge is 2.46. The van der Waals surface area contributed by atoms with E-state index >= 15 is 0 Å². The molecule has 0 saturated heterocycles. The van der Waals surface area contributed by atoms with E-state index in [9.17, 15) is 27.6 Å². The van der Waals surface area contributed by atoms with E-state index in [0.29, 0.717) is 12.8 Å². The summed E-state index contributed by atoms with van der Waals surface area (Å²) in [5.74, 6) is -1.86. The molecule has 0 N–H and O–H groups in total. The van der Waals surface area contributed by atoms with Crippen LogP contribution in [0, 0.1) is 10.8 Å². The van der Waals surface area contributed by atoms with Crippen molar-refractivity contribution >= 4 is 40.9 Å². The van der Waals surface area contributed by atoms with Crippen molar-refractivity contribution in [2.45, 2.75) is 77.9 Å². The molecule has 0 radical (unpaired) electrons. The normalized spacial score (nSPS) is 22.1. The number of carbonyl (C=O) groups is 3. The molecule has 0 bridgehead atoms. The van der Waals surface area contributed by atoms with Gasteiger partial charge in [0, 0.05) is 6.54 Å². The zero-order valence-corrected chi connectivity index (χ0v) is 24.8. The Balaban J connectivity index is 1.64. The molecule has 0 spiro atoms. The maximum Gasteiger partial charge on any atom is 0.433 e. The second kappa shape index (κ2) is 12.0. The summed E-state index contributed by atoms with van der Waals surface area (Å²) in [4.78, 5) is 40.7. The first kappa shape index (κ1) is 31.3. The maximum absolute atomic E-state index is 14.5. The van der Waals surface area contributed by atoms with Crippen molar-refractivity contribution in [3.05, 3.63) is 51.3 Å². The molecule has 2 aliphatic rings. The first-order valence-electron chi connectivity index (χ1n) is 13.8. The van der Waals surface area contributed by atoms with Crippen molar-refractivity contribution in [3.63, 3.8) is 0 Å².